The molecule has 1 aliphatic heterocycles. The summed E-state index contributed by atoms with van der Waals surface area (Å²) in [6.07, 6.45) is 4.81. The summed E-state index contributed by atoms with van der Waals surface area (Å²) in [5.41, 5.74) is 1.30. The summed E-state index contributed by atoms with van der Waals surface area (Å²) in [7, 11) is 0. The fraction of sp³-hybridized carbons (Fsp3) is 0.667. The number of hydrogen-bond acceptors (Lipinski definition) is 2. The molecule has 1 aliphatic rings. The van der Waals surface area contributed by atoms with Gasteiger partial charge in [-0.2, -0.15) is 0 Å². The highest BCUT2D eigenvalue weighted by Crippen LogP contribution is 2.27. The minimum Gasteiger partial charge on any atom is -0.332 e. The molecule has 3 heteroatoms. The van der Waals surface area contributed by atoms with Gasteiger partial charge in [-0.25, -0.2) is 4.98 Å². The molecular formula is C12H18N2O. The van der Waals surface area contributed by atoms with Crippen LogP contribution < -0.4 is 0 Å². The van der Waals surface area contributed by atoms with Gasteiger partial charge >= 0.3 is 0 Å². The van der Waals surface area contributed by atoms with Gasteiger partial charge < -0.3 is 9.36 Å². The second kappa shape index (κ2) is 3.47. The van der Waals surface area contributed by atoms with Crippen molar-refractivity contribution in [3.05, 3.63) is 17.7 Å². The number of aromatic nitrogens is 2. The summed E-state index contributed by atoms with van der Waals surface area (Å²) in [5, 5.41) is 0. The van der Waals surface area contributed by atoms with Crippen molar-refractivity contribution in [3.8, 4) is 0 Å². The highest BCUT2D eigenvalue weighted by Gasteiger charge is 2.26. The van der Waals surface area contributed by atoms with E-state index in [1.54, 1.807) is 0 Å². The summed E-state index contributed by atoms with van der Waals surface area (Å²) in [4.78, 5) is 15.2. The monoisotopic (exact) mass is 206 g/mol. The van der Waals surface area contributed by atoms with Gasteiger partial charge in [0.25, 0.3) is 0 Å². The van der Waals surface area contributed by atoms with E-state index in [9.17, 15) is 4.79 Å². The molecule has 2 heterocycles. The molecule has 0 spiro atoms. The fourth-order valence-corrected chi connectivity index (χ4v) is 2.20. The van der Waals surface area contributed by atoms with Crippen LogP contribution in [0.25, 0.3) is 0 Å². The van der Waals surface area contributed by atoms with Crippen molar-refractivity contribution in [2.45, 2.75) is 45.6 Å². The van der Waals surface area contributed by atoms with E-state index in [0.29, 0.717) is 0 Å². The summed E-state index contributed by atoms with van der Waals surface area (Å²) < 4.78 is 2.28. The SMILES string of the molecule is CC(C)(C)c1ncc2n1CCC(C=O)C2. The maximum absolute atomic E-state index is 10.7. The van der Waals surface area contributed by atoms with Crippen LogP contribution in [0.1, 0.15) is 38.7 Å². The van der Waals surface area contributed by atoms with Crippen LogP contribution in [0, 0.1) is 5.92 Å². The predicted molar refractivity (Wildman–Crippen MR) is 58.8 cm³/mol. The van der Waals surface area contributed by atoms with Crippen LogP contribution in [0.15, 0.2) is 6.20 Å². The van der Waals surface area contributed by atoms with Crippen LogP contribution in [-0.4, -0.2) is 15.8 Å². The first-order chi connectivity index (χ1) is 7.02. The number of fused-ring (bicyclic) bond motifs is 1. The lowest BCUT2D eigenvalue weighted by Gasteiger charge is -2.25. The third kappa shape index (κ3) is 1.83. The Morgan fingerprint density at radius 1 is 1.53 bits per heavy atom. The van der Waals surface area contributed by atoms with Gasteiger partial charge in [-0.05, 0) is 12.8 Å². The highest BCUT2D eigenvalue weighted by molar-refractivity contribution is 5.54. The number of aldehydes is 1. The van der Waals surface area contributed by atoms with Gasteiger partial charge in [0.2, 0.25) is 0 Å². The second-order valence-corrected chi connectivity index (χ2v) is 5.36. The smallest absolute Gasteiger partial charge is 0.123 e. The van der Waals surface area contributed by atoms with E-state index in [0.717, 1.165) is 31.5 Å². The Kier molecular flexibility index (Phi) is 2.41. The number of hydrogen-bond donors (Lipinski definition) is 0. The molecule has 0 N–H and O–H groups in total. The quantitative estimate of drug-likeness (QED) is 0.658. The predicted octanol–water partition coefficient (Wildman–Crippen LogP) is 1.94. The Balaban J connectivity index is 2.34. The normalized spacial score (nSPS) is 21.1. The fourth-order valence-electron chi connectivity index (χ4n) is 2.20. The Morgan fingerprint density at radius 3 is 2.87 bits per heavy atom. The molecule has 1 aromatic heterocycles. The maximum atomic E-state index is 10.7. The average molecular weight is 206 g/mol. The molecule has 0 fully saturated rings. The van der Waals surface area contributed by atoms with Crippen molar-refractivity contribution >= 4 is 6.29 Å². The minimum absolute atomic E-state index is 0.0895. The number of carbonyl (C=O) groups is 1. The lowest BCUT2D eigenvalue weighted by atomic mass is 9.93. The van der Waals surface area contributed by atoms with Gasteiger partial charge in [-0.3, -0.25) is 0 Å². The Labute approximate surface area is 90.5 Å². The Hall–Kier alpha value is -1.12. The maximum Gasteiger partial charge on any atom is 0.123 e. The molecule has 82 valence electrons. The molecule has 2 rings (SSSR count). The van der Waals surface area contributed by atoms with E-state index in [2.05, 4.69) is 30.3 Å². The van der Waals surface area contributed by atoms with Crippen LogP contribution in [0.5, 0.6) is 0 Å². The van der Waals surface area contributed by atoms with Gasteiger partial charge in [0.05, 0.1) is 0 Å². The summed E-state index contributed by atoms with van der Waals surface area (Å²) in [5.74, 6) is 1.34. The molecule has 1 aromatic rings. The zero-order valence-corrected chi connectivity index (χ0v) is 9.66. The molecule has 15 heavy (non-hydrogen) atoms. The van der Waals surface area contributed by atoms with Crippen molar-refractivity contribution in [3.63, 3.8) is 0 Å². The van der Waals surface area contributed by atoms with E-state index in [1.165, 1.54) is 5.69 Å². The lowest BCUT2D eigenvalue weighted by molar-refractivity contribution is -0.111. The first-order valence-corrected chi connectivity index (χ1v) is 5.52. The molecule has 0 aromatic carbocycles. The largest absolute Gasteiger partial charge is 0.332 e. The van der Waals surface area contributed by atoms with Crippen molar-refractivity contribution < 1.29 is 4.79 Å². The molecule has 0 radical (unpaired) electrons. The number of carbonyl (C=O) groups excluding carboxylic acids is 1. The van der Waals surface area contributed by atoms with E-state index < -0.39 is 0 Å². The summed E-state index contributed by atoms with van der Waals surface area (Å²) in [6, 6.07) is 0. The van der Waals surface area contributed by atoms with Gasteiger partial charge in [0.15, 0.2) is 0 Å². The van der Waals surface area contributed by atoms with Crippen LogP contribution in [-0.2, 0) is 23.2 Å². The molecular weight excluding hydrogens is 188 g/mol. The second-order valence-electron chi connectivity index (χ2n) is 5.36. The summed E-state index contributed by atoms with van der Waals surface area (Å²) in [6.45, 7) is 7.46. The van der Waals surface area contributed by atoms with Crippen LogP contribution in [0.2, 0.25) is 0 Å². The van der Waals surface area contributed by atoms with Crippen molar-refractivity contribution in [2.75, 3.05) is 0 Å². The van der Waals surface area contributed by atoms with Gasteiger partial charge in [-0.15, -0.1) is 0 Å². The van der Waals surface area contributed by atoms with Crippen LogP contribution >= 0.6 is 0 Å². The van der Waals surface area contributed by atoms with E-state index in [4.69, 9.17) is 0 Å². The molecule has 0 saturated heterocycles. The first-order valence-electron chi connectivity index (χ1n) is 5.52. The van der Waals surface area contributed by atoms with Gasteiger partial charge in [-0.1, -0.05) is 20.8 Å². The van der Waals surface area contributed by atoms with E-state index >= 15 is 0 Å². The minimum atomic E-state index is 0.0895. The standard InChI is InChI=1S/C12H18N2O/c1-12(2,3)11-13-7-10-6-9(8-15)4-5-14(10)11/h7-9H,4-6H2,1-3H3. The molecule has 0 amide bonds. The topological polar surface area (TPSA) is 34.9 Å². The Bertz CT molecular complexity index is 373. The highest BCUT2D eigenvalue weighted by atomic mass is 16.1. The van der Waals surface area contributed by atoms with Gasteiger partial charge in [0.1, 0.15) is 12.1 Å². The zero-order valence-electron chi connectivity index (χ0n) is 9.66. The molecule has 0 bridgehead atoms. The average Bonchev–Trinajstić information content (AvgIpc) is 2.59. The molecule has 1 unspecified atom stereocenters. The van der Waals surface area contributed by atoms with Gasteiger partial charge in [0, 0.05) is 29.8 Å². The first kappa shape index (κ1) is 10.4. The Morgan fingerprint density at radius 2 is 2.27 bits per heavy atom. The third-order valence-electron chi connectivity index (χ3n) is 3.00. The lowest BCUT2D eigenvalue weighted by Crippen LogP contribution is -2.25. The third-order valence-corrected chi connectivity index (χ3v) is 3.00. The molecule has 0 aliphatic carbocycles. The van der Waals surface area contributed by atoms with Crippen LogP contribution in [0.3, 0.4) is 0 Å². The zero-order chi connectivity index (χ0) is 11.1. The van der Waals surface area contributed by atoms with Crippen molar-refractivity contribution in [1.29, 1.82) is 0 Å². The number of imidazole rings is 1. The van der Waals surface area contributed by atoms with Crippen molar-refractivity contribution in [2.24, 2.45) is 5.92 Å². The molecule has 3 nitrogen and oxygen atoms in total. The molecule has 0 saturated carbocycles. The summed E-state index contributed by atoms with van der Waals surface area (Å²) >= 11 is 0. The number of rotatable bonds is 1. The van der Waals surface area contributed by atoms with E-state index in [-0.39, 0.29) is 11.3 Å². The van der Waals surface area contributed by atoms with Crippen LogP contribution in [0.4, 0.5) is 0 Å². The van der Waals surface area contributed by atoms with E-state index in [1.807, 2.05) is 6.20 Å². The van der Waals surface area contributed by atoms with Crippen molar-refractivity contribution in [1.82, 2.24) is 9.55 Å². The number of nitrogens with zero attached hydrogens (tertiary/aromatic N) is 2. The molecule has 1 atom stereocenters.